The SMILES string of the molecule is NS(=O)(=O)c1ccc(C(=O)NCCC2CCCCO2)cc1. The fraction of sp³-hybridized carbons (Fsp3) is 0.500. The van der Waals surface area contributed by atoms with Gasteiger partial charge in [-0.3, -0.25) is 4.79 Å². The van der Waals surface area contributed by atoms with Crippen molar-refractivity contribution >= 4 is 15.9 Å². The van der Waals surface area contributed by atoms with Crippen LogP contribution in [0.25, 0.3) is 0 Å². The molecule has 0 saturated carbocycles. The molecule has 0 spiro atoms. The highest BCUT2D eigenvalue weighted by atomic mass is 32.2. The Morgan fingerprint density at radius 3 is 2.57 bits per heavy atom. The Labute approximate surface area is 124 Å². The van der Waals surface area contributed by atoms with Crippen LogP contribution >= 0.6 is 0 Å². The second kappa shape index (κ2) is 7.02. The van der Waals surface area contributed by atoms with Crippen LogP contribution < -0.4 is 10.5 Å². The average Bonchev–Trinajstić information content (AvgIpc) is 2.47. The van der Waals surface area contributed by atoms with Gasteiger partial charge in [0.05, 0.1) is 11.0 Å². The number of rotatable bonds is 5. The summed E-state index contributed by atoms with van der Waals surface area (Å²) in [5, 5.41) is 7.81. The lowest BCUT2D eigenvalue weighted by atomic mass is 10.1. The molecule has 1 aromatic carbocycles. The van der Waals surface area contributed by atoms with Crippen LogP contribution in [0.15, 0.2) is 29.2 Å². The Kier molecular flexibility index (Phi) is 5.33. The van der Waals surface area contributed by atoms with Crippen molar-refractivity contribution in [1.29, 1.82) is 0 Å². The van der Waals surface area contributed by atoms with Crippen molar-refractivity contribution in [3.63, 3.8) is 0 Å². The molecule has 21 heavy (non-hydrogen) atoms. The van der Waals surface area contributed by atoms with Crippen molar-refractivity contribution in [2.45, 2.75) is 36.7 Å². The Hall–Kier alpha value is -1.44. The van der Waals surface area contributed by atoms with Crippen molar-refractivity contribution in [1.82, 2.24) is 5.32 Å². The molecular formula is C14H20N2O4S. The largest absolute Gasteiger partial charge is 0.378 e. The zero-order valence-corrected chi connectivity index (χ0v) is 12.6. The normalized spacial score (nSPS) is 19.2. The number of nitrogens with one attached hydrogen (secondary N) is 1. The molecule has 116 valence electrons. The molecule has 1 heterocycles. The number of sulfonamides is 1. The minimum absolute atomic E-state index is 0.00495. The second-order valence-electron chi connectivity index (χ2n) is 5.10. The predicted octanol–water partition coefficient (Wildman–Crippen LogP) is 1.02. The van der Waals surface area contributed by atoms with Crippen molar-refractivity contribution in [2.24, 2.45) is 5.14 Å². The van der Waals surface area contributed by atoms with E-state index in [9.17, 15) is 13.2 Å². The Morgan fingerprint density at radius 1 is 1.29 bits per heavy atom. The quantitative estimate of drug-likeness (QED) is 0.848. The van der Waals surface area contributed by atoms with Gasteiger partial charge in [-0.1, -0.05) is 0 Å². The molecule has 0 aliphatic carbocycles. The van der Waals surface area contributed by atoms with Gasteiger partial charge in [-0.15, -0.1) is 0 Å². The van der Waals surface area contributed by atoms with E-state index in [4.69, 9.17) is 9.88 Å². The molecule has 1 amide bonds. The van der Waals surface area contributed by atoms with E-state index < -0.39 is 10.0 Å². The molecule has 1 fully saturated rings. The Balaban J connectivity index is 1.83. The van der Waals surface area contributed by atoms with Crippen LogP contribution in [0, 0.1) is 0 Å². The van der Waals surface area contributed by atoms with E-state index in [0.29, 0.717) is 12.1 Å². The first kappa shape index (κ1) is 15.9. The van der Waals surface area contributed by atoms with E-state index in [1.54, 1.807) is 0 Å². The fourth-order valence-electron chi connectivity index (χ4n) is 2.28. The first-order chi connectivity index (χ1) is 9.97. The summed E-state index contributed by atoms with van der Waals surface area (Å²) in [6.07, 6.45) is 4.34. The average molecular weight is 312 g/mol. The van der Waals surface area contributed by atoms with E-state index in [2.05, 4.69) is 5.32 Å². The molecule has 1 unspecified atom stereocenters. The van der Waals surface area contributed by atoms with E-state index >= 15 is 0 Å². The molecule has 1 aromatic rings. The molecule has 6 nitrogen and oxygen atoms in total. The maximum absolute atomic E-state index is 11.9. The third-order valence-electron chi connectivity index (χ3n) is 3.47. The third-order valence-corrected chi connectivity index (χ3v) is 4.40. The van der Waals surface area contributed by atoms with E-state index in [1.165, 1.54) is 30.7 Å². The first-order valence-electron chi connectivity index (χ1n) is 6.99. The summed E-state index contributed by atoms with van der Waals surface area (Å²) >= 11 is 0. The van der Waals surface area contributed by atoms with Gasteiger partial charge in [0.1, 0.15) is 0 Å². The Morgan fingerprint density at radius 2 is 2.00 bits per heavy atom. The van der Waals surface area contributed by atoms with Crippen LogP contribution in [0.5, 0.6) is 0 Å². The number of carbonyl (C=O) groups excluding carboxylic acids is 1. The summed E-state index contributed by atoms with van der Waals surface area (Å²) in [4.78, 5) is 11.9. The molecule has 1 saturated heterocycles. The van der Waals surface area contributed by atoms with Gasteiger partial charge in [-0.05, 0) is 49.9 Å². The fourth-order valence-corrected chi connectivity index (χ4v) is 2.80. The first-order valence-corrected chi connectivity index (χ1v) is 8.54. The van der Waals surface area contributed by atoms with Crippen LogP contribution in [0.2, 0.25) is 0 Å². The molecule has 0 aromatic heterocycles. The van der Waals surface area contributed by atoms with E-state index in [-0.39, 0.29) is 16.9 Å². The standard InChI is InChI=1S/C14H20N2O4S/c15-21(18,19)13-6-4-11(5-7-13)14(17)16-9-8-12-3-1-2-10-20-12/h4-7,12H,1-3,8-10H2,(H,16,17)(H2,15,18,19). The van der Waals surface area contributed by atoms with Crippen molar-refractivity contribution in [2.75, 3.05) is 13.2 Å². The van der Waals surface area contributed by atoms with Gasteiger partial charge < -0.3 is 10.1 Å². The molecule has 7 heteroatoms. The zero-order chi connectivity index (χ0) is 15.3. The maximum atomic E-state index is 11.9. The molecule has 0 bridgehead atoms. The number of carbonyl (C=O) groups is 1. The third kappa shape index (κ3) is 4.80. The second-order valence-corrected chi connectivity index (χ2v) is 6.66. The van der Waals surface area contributed by atoms with E-state index in [0.717, 1.165) is 25.9 Å². The van der Waals surface area contributed by atoms with Crippen LogP contribution in [0.4, 0.5) is 0 Å². The van der Waals surface area contributed by atoms with Crippen LogP contribution in [-0.4, -0.2) is 33.6 Å². The highest BCUT2D eigenvalue weighted by Gasteiger charge is 2.14. The minimum Gasteiger partial charge on any atom is -0.378 e. The maximum Gasteiger partial charge on any atom is 0.251 e. The number of primary sulfonamides is 1. The molecule has 1 aliphatic rings. The number of ether oxygens (including phenoxy) is 1. The number of hydrogen-bond donors (Lipinski definition) is 2. The minimum atomic E-state index is -3.72. The number of benzene rings is 1. The van der Waals surface area contributed by atoms with Gasteiger partial charge in [0, 0.05) is 18.7 Å². The summed E-state index contributed by atoms with van der Waals surface area (Å²) in [6.45, 7) is 1.34. The summed E-state index contributed by atoms with van der Waals surface area (Å²) < 4.78 is 27.8. The lowest BCUT2D eigenvalue weighted by Gasteiger charge is -2.22. The summed E-state index contributed by atoms with van der Waals surface area (Å²) in [5.41, 5.74) is 0.409. The van der Waals surface area contributed by atoms with Crippen molar-refractivity contribution < 1.29 is 17.9 Å². The number of hydrogen-bond acceptors (Lipinski definition) is 4. The topological polar surface area (TPSA) is 98.5 Å². The van der Waals surface area contributed by atoms with Crippen molar-refractivity contribution in [3.05, 3.63) is 29.8 Å². The highest BCUT2D eigenvalue weighted by molar-refractivity contribution is 7.89. The van der Waals surface area contributed by atoms with Crippen molar-refractivity contribution in [3.8, 4) is 0 Å². The smallest absolute Gasteiger partial charge is 0.251 e. The molecule has 0 radical (unpaired) electrons. The van der Waals surface area contributed by atoms with Crippen LogP contribution in [0.3, 0.4) is 0 Å². The monoisotopic (exact) mass is 312 g/mol. The van der Waals surface area contributed by atoms with Crippen LogP contribution in [0.1, 0.15) is 36.0 Å². The lowest BCUT2D eigenvalue weighted by molar-refractivity contribution is 0.0117. The van der Waals surface area contributed by atoms with Gasteiger partial charge in [0.15, 0.2) is 0 Å². The van der Waals surface area contributed by atoms with Gasteiger partial charge in [0.2, 0.25) is 10.0 Å². The summed E-state index contributed by atoms with van der Waals surface area (Å²) in [5.74, 6) is -0.230. The van der Waals surface area contributed by atoms with E-state index in [1.807, 2.05) is 0 Å². The Bertz CT molecular complexity index is 577. The molecule has 2 rings (SSSR count). The number of nitrogens with two attached hydrogens (primary N) is 1. The van der Waals surface area contributed by atoms with Gasteiger partial charge in [-0.25, -0.2) is 13.6 Å². The van der Waals surface area contributed by atoms with Gasteiger partial charge >= 0.3 is 0 Å². The lowest BCUT2D eigenvalue weighted by Crippen LogP contribution is -2.29. The predicted molar refractivity (Wildman–Crippen MR) is 78.4 cm³/mol. The molecule has 1 aliphatic heterocycles. The zero-order valence-electron chi connectivity index (χ0n) is 11.7. The van der Waals surface area contributed by atoms with Gasteiger partial charge in [0.25, 0.3) is 5.91 Å². The molecule has 1 atom stereocenters. The highest BCUT2D eigenvalue weighted by Crippen LogP contribution is 2.15. The summed E-state index contributed by atoms with van der Waals surface area (Å²) in [7, 11) is -3.72. The van der Waals surface area contributed by atoms with Gasteiger partial charge in [-0.2, -0.15) is 0 Å². The molecular weight excluding hydrogens is 292 g/mol. The number of amides is 1. The molecule has 3 N–H and O–H groups in total. The van der Waals surface area contributed by atoms with Crippen LogP contribution in [-0.2, 0) is 14.8 Å². The summed E-state index contributed by atoms with van der Waals surface area (Å²) in [6, 6.07) is 5.56.